The Morgan fingerprint density at radius 1 is 1.44 bits per heavy atom. The lowest BCUT2D eigenvalue weighted by Gasteiger charge is -2.10. The van der Waals surface area contributed by atoms with Crippen molar-refractivity contribution in [1.82, 2.24) is 0 Å². The van der Waals surface area contributed by atoms with Crippen molar-refractivity contribution in [3.63, 3.8) is 0 Å². The number of Topliss-reactive ketones (excluding diaryl/α,β-unsaturated/α-hetero) is 1. The molecule has 1 amide bonds. The number of rotatable bonds is 5. The van der Waals surface area contributed by atoms with Gasteiger partial charge >= 0.3 is 11.4 Å². The van der Waals surface area contributed by atoms with E-state index >= 15 is 0 Å². The summed E-state index contributed by atoms with van der Waals surface area (Å²) in [6, 6.07) is 4.75. The van der Waals surface area contributed by atoms with Crippen molar-refractivity contribution in [3.8, 4) is 5.75 Å². The summed E-state index contributed by atoms with van der Waals surface area (Å²) < 4.78 is 24.0. The average Bonchev–Trinajstić information content (AvgIpc) is 2.20. The van der Waals surface area contributed by atoms with Gasteiger partial charge < -0.3 is 9.50 Å². The molecule has 6 nitrogen and oxygen atoms in total. The van der Waals surface area contributed by atoms with E-state index in [0.29, 0.717) is 0 Å². The SMILES string of the molecule is CC(=O)CC(=O)Nc1ccc(C)cc1OS(=O)O. The highest BCUT2D eigenvalue weighted by Crippen LogP contribution is 2.26. The summed E-state index contributed by atoms with van der Waals surface area (Å²) in [4.78, 5) is 22.2. The molecule has 0 saturated carbocycles. The van der Waals surface area contributed by atoms with Gasteiger partial charge in [-0.1, -0.05) is 6.07 Å². The zero-order chi connectivity index (χ0) is 13.7. The quantitative estimate of drug-likeness (QED) is 0.624. The van der Waals surface area contributed by atoms with E-state index in [0.717, 1.165) is 5.56 Å². The van der Waals surface area contributed by atoms with Gasteiger partial charge in [0.05, 0.1) is 12.1 Å². The molecule has 1 aromatic rings. The average molecular weight is 271 g/mol. The first-order valence-electron chi connectivity index (χ1n) is 5.07. The maximum atomic E-state index is 11.4. The minimum absolute atomic E-state index is 0.0766. The van der Waals surface area contributed by atoms with Crippen LogP contribution in [-0.4, -0.2) is 20.5 Å². The second kappa shape index (κ2) is 6.27. The summed E-state index contributed by atoms with van der Waals surface area (Å²) in [5.41, 5.74) is 1.05. The third-order valence-corrected chi connectivity index (χ3v) is 2.30. The molecule has 0 radical (unpaired) electrons. The zero-order valence-corrected chi connectivity index (χ0v) is 10.7. The molecule has 1 rings (SSSR count). The molecule has 0 saturated heterocycles. The van der Waals surface area contributed by atoms with Gasteiger partial charge in [0.2, 0.25) is 5.91 Å². The fourth-order valence-electron chi connectivity index (χ4n) is 1.30. The Morgan fingerprint density at radius 3 is 2.67 bits per heavy atom. The Labute approximate surface area is 107 Å². The summed E-state index contributed by atoms with van der Waals surface area (Å²) in [6.45, 7) is 3.07. The van der Waals surface area contributed by atoms with Gasteiger partial charge in [-0.3, -0.25) is 14.1 Å². The van der Waals surface area contributed by atoms with E-state index < -0.39 is 17.3 Å². The number of aryl methyl sites for hydroxylation is 1. The number of benzene rings is 1. The Kier molecular flexibility index (Phi) is 4.99. The van der Waals surface area contributed by atoms with Crippen LogP contribution < -0.4 is 9.50 Å². The second-order valence-electron chi connectivity index (χ2n) is 3.73. The molecule has 1 unspecified atom stereocenters. The van der Waals surface area contributed by atoms with Crippen molar-refractivity contribution in [2.45, 2.75) is 20.3 Å². The number of amides is 1. The lowest BCUT2D eigenvalue weighted by molar-refractivity contribution is -0.124. The Hall–Kier alpha value is -1.73. The Morgan fingerprint density at radius 2 is 2.11 bits per heavy atom. The van der Waals surface area contributed by atoms with E-state index in [4.69, 9.17) is 4.55 Å². The summed E-state index contributed by atoms with van der Waals surface area (Å²) in [5, 5.41) is 2.44. The normalized spacial score (nSPS) is 11.7. The largest absolute Gasteiger partial charge is 0.378 e. The van der Waals surface area contributed by atoms with Gasteiger partial charge in [-0.05, 0) is 31.5 Å². The van der Waals surface area contributed by atoms with E-state index in [1.54, 1.807) is 13.0 Å². The molecule has 7 heteroatoms. The van der Waals surface area contributed by atoms with Crippen LogP contribution in [0.15, 0.2) is 18.2 Å². The molecule has 0 bridgehead atoms. The van der Waals surface area contributed by atoms with Gasteiger partial charge in [0.1, 0.15) is 5.78 Å². The third-order valence-electron chi connectivity index (χ3n) is 1.98. The van der Waals surface area contributed by atoms with Crippen molar-refractivity contribution < 1.29 is 22.5 Å². The maximum Gasteiger partial charge on any atom is 0.357 e. The molecule has 0 aliphatic carbocycles. The van der Waals surface area contributed by atoms with Crippen LogP contribution in [0.3, 0.4) is 0 Å². The van der Waals surface area contributed by atoms with Crippen LogP contribution in [0.2, 0.25) is 0 Å². The molecule has 1 aromatic carbocycles. The first-order valence-corrected chi connectivity index (χ1v) is 6.11. The standard InChI is InChI=1S/C11H13NO5S/c1-7-3-4-9(10(5-7)17-18(15)16)12-11(14)6-8(2)13/h3-5H,6H2,1-2H3,(H,12,14)(H,15,16). The van der Waals surface area contributed by atoms with Gasteiger partial charge in [0.25, 0.3) is 0 Å². The van der Waals surface area contributed by atoms with E-state index in [9.17, 15) is 13.8 Å². The predicted octanol–water partition coefficient (Wildman–Crippen LogP) is 1.43. The first kappa shape index (κ1) is 14.3. The Bertz CT molecular complexity index is 500. The number of hydrogen-bond donors (Lipinski definition) is 2. The molecular weight excluding hydrogens is 258 g/mol. The number of nitrogens with one attached hydrogen (secondary N) is 1. The van der Waals surface area contributed by atoms with E-state index in [1.165, 1.54) is 19.1 Å². The lowest BCUT2D eigenvalue weighted by Crippen LogP contribution is -2.15. The highest BCUT2D eigenvalue weighted by Gasteiger charge is 2.11. The van der Waals surface area contributed by atoms with Crippen LogP contribution in [0.25, 0.3) is 0 Å². The van der Waals surface area contributed by atoms with Gasteiger partial charge in [-0.15, -0.1) is 0 Å². The van der Waals surface area contributed by atoms with Crippen molar-refractivity contribution in [3.05, 3.63) is 23.8 Å². The van der Waals surface area contributed by atoms with Crippen LogP contribution in [0.4, 0.5) is 5.69 Å². The molecule has 0 spiro atoms. The summed E-state index contributed by atoms with van der Waals surface area (Å²) >= 11 is -2.48. The highest BCUT2D eigenvalue weighted by molar-refractivity contribution is 7.74. The highest BCUT2D eigenvalue weighted by atomic mass is 32.2. The van der Waals surface area contributed by atoms with Gasteiger partial charge in [-0.2, -0.15) is 4.21 Å². The van der Waals surface area contributed by atoms with Crippen LogP contribution in [-0.2, 0) is 21.0 Å². The summed E-state index contributed by atoms with van der Waals surface area (Å²) in [7, 11) is 0. The number of ketones is 1. The topological polar surface area (TPSA) is 92.7 Å². The van der Waals surface area contributed by atoms with Crippen LogP contribution >= 0.6 is 0 Å². The van der Waals surface area contributed by atoms with Crippen molar-refractivity contribution in [1.29, 1.82) is 0 Å². The van der Waals surface area contributed by atoms with Crippen molar-refractivity contribution >= 4 is 28.7 Å². The third kappa shape index (κ3) is 4.64. The fraction of sp³-hybridized carbons (Fsp3) is 0.273. The predicted molar refractivity (Wildman–Crippen MR) is 66.5 cm³/mol. The first-order chi connectivity index (χ1) is 8.38. The van der Waals surface area contributed by atoms with E-state index in [-0.39, 0.29) is 23.6 Å². The number of carbonyl (C=O) groups is 2. The second-order valence-corrected chi connectivity index (χ2v) is 4.33. The smallest absolute Gasteiger partial charge is 0.357 e. The van der Waals surface area contributed by atoms with E-state index in [1.807, 2.05) is 0 Å². The molecule has 0 aliphatic rings. The number of anilines is 1. The molecule has 1 atom stereocenters. The minimum atomic E-state index is -2.48. The van der Waals surface area contributed by atoms with Crippen LogP contribution in [0.1, 0.15) is 18.9 Å². The number of carbonyl (C=O) groups excluding carboxylic acids is 2. The lowest BCUT2D eigenvalue weighted by atomic mass is 10.2. The molecule has 0 aromatic heterocycles. The summed E-state index contributed by atoms with van der Waals surface area (Å²) in [6.07, 6.45) is -0.254. The fourth-order valence-corrected chi connectivity index (χ4v) is 1.59. The molecule has 0 heterocycles. The maximum absolute atomic E-state index is 11.4. The Balaban J connectivity index is 2.90. The molecular formula is C11H13NO5S. The zero-order valence-electron chi connectivity index (χ0n) is 9.93. The van der Waals surface area contributed by atoms with E-state index in [2.05, 4.69) is 9.50 Å². The minimum Gasteiger partial charge on any atom is -0.378 e. The van der Waals surface area contributed by atoms with Crippen LogP contribution in [0, 0.1) is 6.92 Å². The van der Waals surface area contributed by atoms with Crippen molar-refractivity contribution in [2.24, 2.45) is 0 Å². The summed E-state index contributed by atoms with van der Waals surface area (Å²) in [5.74, 6) is -0.694. The van der Waals surface area contributed by atoms with Gasteiger partial charge in [0.15, 0.2) is 5.75 Å². The molecule has 0 fully saturated rings. The molecule has 2 N–H and O–H groups in total. The molecule has 98 valence electrons. The van der Waals surface area contributed by atoms with Gasteiger partial charge in [0, 0.05) is 0 Å². The van der Waals surface area contributed by atoms with Gasteiger partial charge in [-0.25, -0.2) is 0 Å². The van der Waals surface area contributed by atoms with Crippen molar-refractivity contribution in [2.75, 3.05) is 5.32 Å². The molecule has 18 heavy (non-hydrogen) atoms. The van der Waals surface area contributed by atoms with Crippen LogP contribution in [0.5, 0.6) is 5.75 Å². The molecule has 0 aliphatic heterocycles. The monoisotopic (exact) mass is 271 g/mol. The number of hydrogen-bond acceptors (Lipinski definition) is 4.